The molecule has 1 saturated heterocycles. The Kier molecular flexibility index (Phi) is 5.36. The van der Waals surface area contributed by atoms with E-state index in [1.54, 1.807) is 6.07 Å². The van der Waals surface area contributed by atoms with E-state index in [0.29, 0.717) is 18.4 Å². The Morgan fingerprint density at radius 2 is 2.19 bits per heavy atom. The van der Waals surface area contributed by atoms with Crippen LogP contribution in [0.2, 0.25) is 0 Å². The van der Waals surface area contributed by atoms with Crippen LogP contribution in [0.4, 0.5) is 17.3 Å². The number of rotatable bonds is 5. The Bertz CT molecular complexity index is 493. The van der Waals surface area contributed by atoms with Crippen LogP contribution in [0.25, 0.3) is 0 Å². The van der Waals surface area contributed by atoms with Crippen molar-refractivity contribution in [3.8, 4) is 0 Å². The lowest BCUT2D eigenvalue weighted by Crippen LogP contribution is -2.35. The summed E-state index contributed by atoms with van der Waals surface area (Å²) in [5.41, 5.74) is 0.107. The Hall–Kier alpha value is -1.85. The number of anilines is 2. The van der Waals surface area contributed by atoms with E-state index < -0.39 is 0 Å². The fourth-order valence-corrected chi connectivity index (χ4v) is 2.93. The monoisotopic (exact) mass is 292 g/mol. The van der Waals surface area contributed by atoms with Gasteiger partial charge in [-0.1, -0.05) is 19.8 Å². The molecule has 1 aliphatic heterocycles. The van der Waals surface area contributed by atoms with Crippen LogP contribution in [0.3, 0.4) is 0 Å². The highest BCUT2D eigenvalue weighted by Crippen LogP contribution is 2.29. The van der Waals surface area contributed by atoms with Crippen LogP contribution in [0.5, 0.6) is 0 Å². The van der Waals surface area contributed by atoms with Gasteiger partial charge in [0.2, 0.25) is 0 Å². The summed E-state index contributed by atoms with van der Waals surface area (Å²) in [4.78, 5) is 17.6. The lowest BCUT2D eigenvalue weighted by molar-refractivity contribution is -0.384. The molecule has 1 aromatic heterocycles. The summed E-state index contributed by atoms with van der Waals surface area (Å²) in [6.07, 6.45) is 5.75. The quantitative estimate of drug-likeness (QED) is 0.663. The predicted octanol–water partition coefficient (Wildman–Crippen LogP) is 3.58. The van der Waals surface area contributed by atoms with Crippen molar-refractivity contribution >= 4 is 17.3 Å². The molecule has 0 aliphatic carbocycles. The maximum absolute atomic E-state index is 11.1. The van der Waals surface area contributed by atoms with Gasteiger partial charge in [-0.05, 0) is 26.2 Å². The molecule has 2 rings (SSSR count). The van der Waals surface area contributed by atoms with E-state index in [-0.39, 0.29) is 10.6 Å². The highest BCUT2D eigenvalue weighted by Gasteiger charge is 2.23. The van der Waals surface area contributed by atoms with Gasteiger partial charge in [0.05, 0.1) is 17.1 Å². The largest absolute Gasteiger partial charge is 0.370 e. The van der Waals surface area contributed by atoms with E-state index >= 15 is 0 Å². The third kappa shape index (κ3) is 3.83. The Morgan fingerprint density at radius 3 is 2.86 bits per heavy atom. The smallest absolute Gasteiger partial charge is 0.276 e. The van der Waals surface area contributed by atoms with Crippen LogP contribution < -0.4 is 10.2 Å². The summed E-state index contributed by atoms with van der Waals surface area (Å²) < 4.78 is 0. The maximum Gasteiger partial charge on any atom is 0.276 e. The number of pyridine rings is 1. The topological polar surface area (TPSA) is 71.3 Å². The number of aromatic nitrogens is 1. The van der Waals surface area contributed by atoms with Gasteiger partial charge in [-0.15, -0.1) is 0 Å². The molecule has 1 aliphatic rings. The van der Waals surface area contributed by atoms with Crippen molar-refractivity contribution in [2.24, 2.45) is 0 Å². The van der Waals surface area contributed by atoms with E-state index in [4.69, 9.17) is 0 Å². The summed E-state index contributed by atoms with van der Waals surface area (Å²) >= 11 is 0. The van der Waals surface area contributed by atoms with Crippen molar-refractivity contribution in [2.75, 3.05) is 23.3 Å². The second-order valence-electron chi connectivity index (χ2n) is 5.46. The van der Waals surface area contributed by atoms with Crippen molar-refractivity contribution in [3.63, 3.8) is 0 Å². The van der Waals surface area contributed by atoms with Gasteiger partial charge < -0.3 is 10.2 Å². The minimum Gasteiger partial charge on any atom is -0.370 e. The second kappa shape index (κ2) is 7.24. The van der Waals surface area contributed by atoms with Crippen LogP contribution in [0.15, 0.2) is 12.1 Å². The first-order valence-electron chi connectivity index (χ1n) is 7.82. The van der Waals surface area contributed by atoms with Crippen molar-refractivity contribution in [3.05, 3.63) is 22.2 Å². The van der Waals surface area contributed by atoms with Gasteiger partial charge in [0.1, 0.15) is 11.6 Å². The molecule has 0 saturated carbocycles. The molecule has 2 heterocycles. The van der Waals surface area contributed by atoms with Crippen LogP contribution in [0.1, 0.15) is 46.0 Å². The number of nitrogens with one attached hydrogen (secondary N) is 1. The van der Waals surface area contributed by atoms with Gasteiger partial charge >= 0.3 is 0 Å². The van der Waals surface area contributed by atoms with E-state index in [2.05, 4.69) is 22.1 Å². The molecule has 1 N–H and O–H groups in total. The van der Waals surface area contributed by atoms with Crippen LogP contribution in [0, 0.1) is 10.1 Å². The molecule has 6 heteroatoms. The zero-order chi connectivity index (χ0) is 15.2. The first-order valence-corrected chi connectivity index (χ1v) is 7.82. The number of hydrogen-bond donors (Lipinski definition) is 1. The van der Waals surface area contributed by atoms with Gasteiger partial charge in [0, 0.05) is 19.1 Å². The zero-order valence-electron chi connectivity index (χ0n) is 12.8. The summed E-state index contributed by atoms with van der Waals surface area (Å²) in [7, 11) is 0. The Morgan fingerprint density at radius 1 is 1.38 bits per heavy atom. The Balaban J connectivity index is 2.37. The molecule has 1 fully saturated rings. The van der Waals surface area contributed by atoms with Crippen LogP contribution >= 0.6 is 0 Å². The van der Waals surface area contributed by atoms with E-state index in [1.807, 2.05) is 6.92 Å². The molecule has 116 valence electrons. The van der Waals surface area contributed by atoms with Gasteiger partial charge in [0.25, 0.3) is 5.69 Å². The third-order valence-corrected chi connectivity index (χ3v) is 4.01. The SMILES string of the molecule is CCNc1cc([N+](=O)[O-])cc(N2CCCCCC2CC)n1. The molecule has 0 radical (unpaired) electrons. The minimum atomic E-state index is -0.342. The highest BCUT2D eigenvalue weighted by atomic mass is 16.6. The van der Waals surface area contributed by atoms with Crippen LogP contribution in [-0.4, -0.2) is 29.0 Å². The third-order valence-electron chi connectivity index (χ3n) is 4.01. The maximum atomic E-state index is 11.1. The molecule has 1 unspecified atom stereocenters. The molecule has 21 heavy (non-hydrogen) atoms. The molecule has 0 aromatic carbocycles. The summed E-state index contributed by atoms with van der Waals surface area (Å²) in [5, 5.41) is 14.2. The van der Waals surface area contributed by atoms with Gasteiger partial charge in [0.15, 0.2) is 0 Å². The standard InChI is InChI=1S/C15H24N4O2/c1-3-12-8-6-5-7-9-18(12)15-11-13(19(20)21)10-14(17-15)16-4-2/h10-12H,3-9H2,1-2H3,(H,16,17). The van der Waals surface area contributed by atoms with Gasteiger partial charge in [-0.2, -0.15) is 0 Å². The first-order chi connectivity index (χ1) is 10.2. The summed E-state index contributed by atoms with van der Waals surface area (Å²) in [6, 6.07) is 3.54. The molecule has 1 atom stereocenters. The van der Waals surface area contributed by atoms with Crippen molar-refractivity contribution in [1.82, 2.24) is 4.98 Å². The predicted molar refractivity (Wildman–Crippen MR) is 84.9 cm³/mol. The van der Waals surface area contributed by atoms with E-state index in [1.165, 1.54) is 18.9 Å². The van der Waals surface area contributed by atoms with Gasteiger partial charge in [-0.25, -0.2) is 4.98 Å². The fraction of sp³-hybridized carbons (Fsp3) is 0.667. The van der Waals surface area contributed by atoms with E-state index in [9.17, 15) is 10.1 Å². The molecule has 0 spiro atoms. The average molecular weight is 292 g/mol. The zero-order valence-corrected chi connectivity index (χ0v) is 12.8. The number of nitro groups is 1. The second-order valence-corrected chi connectivity index (χ2v) is 5.46. The molecule has 1 aromatic rings. The van der Waals surface area contributed by atoms with Gasteiger partial charge in [-0.3, -0.25) is 10.1 Å². The van der Waals surface area contributed by atoms with E-state index in [0.717, 1.165) is 31.6 Å². The summed E-state index contributed by atoms with van der Waals surface area (Å²) in [6.45, 7) is 5.76. The molecule has 0 amide bonds. The number of nitrogens with zero attached hydrogens (tertiary/aromatic N) is 3. The highest BCUT2D eigenvalue weighted by molar-refractivity contribution is 5.56. The number of hydrogen-bond acceptors (Lipinski definition) is 5. The van der Waals surface area contributed by atoms with Crippen molar-refractivity contribution in [1.29, 1.82) is 0 Å². The molecule has 6 nitrogen and oxygen atoms in total. The minimum absolute atomic E-state index is 0.107. The Labute approximate surface area is 125 Å². The summed E-state index contributed by atoms with van der Waals surface area (Å²) in [5.74, 6) is 1.31. The lowest BCUT2D eigenvalue weighted by Gasteiger charge is -2.30. The average Bonchev–Trinajstić information content (AvgIpc) is 2.72. The molecule has 0 bridgehead atoms. The first kappa shape index (κ1) is 15.5. The van der Waals surface area contributed by atoms with Crippen molar-refractivity contribution < 1.29 is 4.92 Å². The fourth-order valence-electron chi connectivity index (χ4n) is 2.93. The van der Waals surface area contributed by atoms with Crippen LogP contribution in [-0.2, 0) is 0 Å². The molecular weight excluding hydrogens is 268 g/mol. The van der Waals surface area contributed by atoms with Crippen molar-refractivity contribution in [2.45, 2.75) is 52.0 Å². The molecular formula is C15H24N4O2. The normalized spacial score (nSPS) is 19.1. The lowest BCUT2D eigenvalue weighted by atomic mass is 10.1.